The van der Waals surface area contributed by atoms with Crippen LogP contribution in [0.5, 0.6) is 0 Å². The molecular formula is C30H50F3N7O. The van der Waals surface area contributed by atoms with Gasteiger partial charge in [0.05, 0.1) is 18.1 Å². The molecule has 0 bridgehead atoms. The van der Waals surface area contributed by atoms with E-state index in [-0.39, 0.29) is 12.8 Å². The zero-order valence-electron chi connectivity index (χ0n) is 25.2. The number of rotatable bonds is 9. The number of hydrogen-bond acceptors (Lipinski definition) is 7. The van der Waals surface area contributed by atoms with Crippen molar-refractivity contribution in [1.29, 1.82) is 0 Å². The molecule has 2 aromatic rings. The number of alkyl halides is 3. The summed E-state index contributed by atoms with van der Waals surface area (Å²) in [5.74, 6) is -2.32. The summed E-state index contributed by atoms with van der Waals surface area (Å²) >= 11 is 0. The zero-order chi connectivity index (χ0) is 31.2. The Morgan fingerprint density at radius 1 is 1.17 bits per heavy atom. The Balaban J connectivity index is 0.000000810. The number of hydrogen-bond donors (Lipinski definition) is 3. The second kappa shape index (κ2) is 21.5. The predicted octanol–water partition coefficient (Wildman–Crippen LogP) is 6.31. The highest BCUT2D eigenvalue weighted by atomic mass is 19.3. The van der Waals surface area contributed by atoms with E-state index in [2.05, 4.69) is 38.2 Å². The van der Waals surface area contributed by atoms with Crippen LogP contribution in [0.3, 0.4) is 0 Å². The molecular weight excluding hydrogens is 531 g/mol. The van der Waals surface area contributed by atoms with E-state index in [9.17, 15) is 13.2 Å². The number of nitrogens with zero attached hydrogens (tertiary/aromatic N) is 4. The first-order valence-electron chi connectivity index (χ1n) is 14.1. The van der Waals surface area contributed by atoms with Gasteiger partial charge in [0.1, 0.15) is 12.5 Å². The third-order valence-corrected chi connectivity index (χ3v) is 5.20. The summed E-state index contributed by atoms with van der Waals surface area (Å²) in [5.41, 5.74) is 9.05. The van der Waals surface area contributed by atoms with Crippen LogP contribution in [0.15, 0.2) is 48.5 Å². The van der Waals surface area contributed by atoms with Crippen LogP contribution in [0.1, 0.15) is 90.3 Å². The Bertz CT molecular complexity index is 1000. The number of carbonyl (C=O) groups is 1. The van der Waals surface area contributed by atoms with Gasteiger partial charge in [0.2, 0.25) is 5.92 Å². The highest BCUT2D eigenvalue weighted by molar-refractivity contribution is 5.70. The first kappa shape index (κ1) is 37.8. The number of halogens is 3. The smallest absolute Gasteiger partial charge is 0.248 e. The van der Waals surface area contributed by atoms with Gasteiger partial charge in [-0.05, 0) is 64.4 Å². The fourth-order valence-electron chi connectivity index (χ4n) is 3.22. The van der Waals surface area contributed by atoms with Gasteiger partial charge in [-0.2, -0.15) is 10.2 Å². The number of fused-ring (bicyclic) bond motifs is 1. The number of nitrogens with one attached hydrogen (secondary N) is 2. The number of allylic oxidation sites excluding steroid dienone is 2. The Hall–Kier alpha value is -3.21. The molecule has 0 saturated heterocycles. The SMILES string of the molecule is C1CC1.C=CN.C=O.CC(C)N/N=C\C=C\Cc1cn2ncc(CNCC(C)(C)F)cc2n1.FC1(F)CCCCC1. The van der Waals surface area contributed by atoms with Gasteiger partial charge in [-0.25, -0.2) is 22.7 Å². The van der Waals surface area contributed by atoms with E-state index in [1.807, 2.05) is 45.1 Å². The normalized spacial score (nSPS) is 15.4. The molecule has 0 atom stereocenters. The average Bonchev–Trinajstić information content (AvgIpc) is 3.73. The molecule has 2 fully saturated rings. The van der Waals surface area contributed by atoms with Gasteiger partial charge in [-0.15, -0.1) is 0 Å². The van der Waals surface area contributed by atoms with Gasteiger partial charge < -0.3 is 21.3 Å². The van der Waals surface area contributed by atoms with E-state index in [1.165, 1.54) is 25.5 Å². The van der Waals surface area contributed by atoms with Gasteiger partial charge in [0.25, 0.3) is 0 Å². The van der Waals surface area contributed by atoms with Crippen molar-refractivity contribution in [3.63, 3.8) is 0 Å². The molecule has 11 heteroatoms. The van der Waals surface area contributed by atoms with Gasteiger partial charge in [-0.1, -0.05) is 38.3 Å². The summed E-state index contributed by atoms with van der Waals surface area (Å²) in [6.45, 7) is 13.2. The lowest BCUT2D eigenvalue weighted by Crippen LogP contribution is -2.30. The summed E-state index contributed by atoms with van der Waals surface area (Å²) in [6, 6.07) is 2.29. The molecule has 4 N–H and O–H groups in total. The maximum Gasteiger partial charge on any atom is 0.248 e. The van der Waals surface area contributed by atoms with Gasteiger partial charge in [0.15, 0.2) is 5.65 Å². The van der Waals surface area contributed by atoms with E-state index < -0.39 is 11.6 Å². The maximum absolute atomic E-state index is 13.5. The molecule has 2 aromatic heterocycles. The Morgan fingerprint density at radius 3 is 2.24 bits per heavy atom. The topological polar surface area (TPSA) is 110 Å². The molecule has 2 saturated carbocycles. The molecule has 0 aliphatic heterocycles. The van der Waals surface area contributed by atoms with E-state index in [0.29, 0.717) is 38.4 Å². The maximum atomic E-state index is 13.5. The Labute approximate surface area is 243 Å². The Morgan fingerprint density at radius 2 is 1.76 bits per heavy atom. The first-order chi connectivity index (χ1) is 19.5. The van der Waals surface area contributed by atoms with Crippen LogP contribution in [0.2, 0.25) is 0 Å². The van der Waals surface area contributed by atoms with Crippen molar-refractivity contribution in [3.8, 4) is 0 Å². The zero-order valence-corrected chi connectivity index (χ0v) is 25.2. The number of imidazole rings is 1. The van der Waals surface area contributed by atoms with Crippen molar-refractivity contribution >= 4 is 18.7 Å². The highest BCUT2D eigenvalue weighted by Crippen LogP contribution is 2.32. The quantitative estimate of drug-likeness (QED) is 0.237. The summed E-state index contributed by atoms with van der Waals surface area (Å²) in [7, 11) is 0. The number of nitrogens with two attached hydrogens (primary N) is 1. The third-order valence-electron chi connectivity index (χ3n) is 5.20. The summed E-state index contributed by atoms with van der Waals surface area (Å²) in [4.78, 5) is 12.6. The van der Waals surface area contributed by atoms with Crippen LogP contribution in [0.25, 0.3) is 5.65 Å². The van der Waals surface area contributed by atoms with Crippen molar-refractivity contribution in [2.45, 2.75) is 110 Å². The number of hydrazone groups is 1. The first-order valence-corrected chi connectivity index (χ1v) is 14.1. The van der Waals surface area contributed by atoms with Crippen LogP contribution in [-0.2, 0) is 17.8 Å². The molecule has 4 rings (SSSR count). The lowest BCUT2D eigenvalue weighted by Gasteiger charge is -2.20. The van der Waals surface area contributed by atoms with E-state index >= 15 is 0 Å². The Kier molecular flexibility index (Phi) is 19.8. The molecule has 232 valence electrons. The van der Waals surface area contributed by atoms with Crippen LogP contribution < -0.4 is 16.5 Å². The predicted molar refractivity (Wildman–Crippen MR) is 163 cm³/mol. The minimum absolute atomic E-state index is 0.118. The molecule has 0 aromatic carbocycles. The minimum Gasteiger partial charge on any atom is -0.405 e. The highest BCUT2D eigenvalue weighted by Gasteiger charge is 2.30. The fraction of sp³-hybridized carbons (Fsp3) is 0.600. The van der Waals surface area contributed by atoms with Crippen molar-refractivity contribution in [1.82, 2.24) is 25.3 Å². The van der Waals surface area contributed by atoms with Gasteiger partial charge >= 0.3 is 0 Å². The van der Waals surface area contributed by atoms with Gasteiger partial charge in [-0.3, -0.25) is 0 Å². The average molecular weight is 582 g/mol. The molecule has 0 unspecified atom stereocenters. The number of carbonyl (C=O) groups excluding carboxylic acids is 1. The number of aromatic nitrogens is 3. The van der Waals surface area contributed by atoms with Crippen LogP contribution >= 0.6 is 0 Å². The van der Waals surface area contributed by atoms with Crippen molar-refractivity contribution in [2.75, 3.05) is 6.54 Å². The summed E-state index contributed by atoms with van der Waals surface area (Å²) in [6.07, 6.45) is 18.4. The molecule has 2 aliphatic rings. The molecule has 0 amide bonds. The van der Waals surface area contributed by atoms with Crippen LogP contribution in [0, 0.1) is 0 Å². The van der Waals surface area contributed by atoms with Crippen LogP contribution in [-0.4, -0.2) is 51.8 Å². The molecule has 0 radical (unpaired) electrons. The molecule has 2 aliphatic carbocycles. The van der Waals surface area contributed by atoms with Crippen molar-refractivity contribution in [2.24, 2.45) is 10.8 Å². The summed E-state index contributed by atoms with van der Waals surface area (Å²) in [5, 5.41) is 11.5. The standard InChI is InChI=1S/C18H27FN6.C6H10F2.C3H6.C2H5N.CH2O/c1-14(2)24-21-8-6-5-7-16-12-25-17(23-16)9-15(11-22-25)10-20-13-18(3,4)19;7-6(8)4-2-1-3-5-6;1-2-3-1;1-2-3;1-2/h5-6,8-9,11-12,14,20,24H,7,10,13H2,1-4H3;1-5H2;1-3H2;2H,1,3H2;1H2/b6-5+,21-8-;;;;. The van der Waals surface area contributed by atoms with Crippen LogP contribution in [0.4, 0.5) is 13.2 Å². The van der Waals surface area contributed by atoms with Gasteiger partial charge in [0, 0.05) is 44.6 Å². The van der Waals surface area contributed by atoms with E-state index in [4.69, 9.17) is 4.79 Å². The lowest BCUT2D eigenvalue weighted by molar-refractivity contribution is -0.0980. The summed E-state index contributed by atoms with van der Waals surface area (Å²) < 4.78 is 39.6. The fourth-order valence-corrected chi connectivity index (χ4v) is 3.22. The monoisotopic (exact) mass is 581 g/mol. The molecule has 0 spiro atoms. The lowest BCUT2D eigenvalue weighted by atomic mass is 9.97. The molecule has 41 heavy (non-hydrogen) atoms. The minimum atomic E-state index is -2.32. The second-order valence-corrected chi connectivity index (χ2v) is 10.6. The second-order valence-electron chi connectivity index (χ2n) is 10.6. The molecule has 2 heterocycles. The largest absolute Gasteiger partial charge is 0.405 e. The van der Waals surface area contributed by atoms with Crippen molar-refractivity contribution in [3.05, 3.63) is 54.6 Å². The van der Waals surface area contributed by atoms with E-state index in [0.717, 1.165) is 23.3 Å². The van der Waals surface area contributed by atoms with Crippen molar-refractivity contribution < 1.29 is 18.0 Å². The molecule has 8 nitrogen and oxygen atoms in total. The van der Waals surface area contributed by atoms with E-state index in [1.54, 1.807) is 30.8 Å². The third kappa shape index (κ3) is 22.2.